The van der Waals surface area contributed by atoms with Gasteiger partial charge in [0.1, 0.15) is 5.82 Å². The first-order valence-electron chi connectivity index (χ1n) is 7.72. The number of rotatable bonds is 4. The number of anilines is 1. The molecule has 0 radical (unpaired) electrons. The minimum absolute atomic E-state index is 0.133. The van der Waals surface area contributed by atoms with Crippen LogP contribution >= 0.6 is 11.6 Å². The van der Waals surface area contributed by atoms with Gasteiger partial charge in [-0.1, -0.05) is 72.3 Å². The molecule has 0 unspecified atom stereocenters. The van der Waals surface area contributed by atoms with Gasteiger partial charge >= 0.3 is 0 Å². The van der Waals surface area contributed by atoms with Crippen molar-refractivity contribution >= 4 is 34.8 Å². The molecule has 0 fully saturated rings. The Hall–Kier alpha value is -2.91. The third-order valence-electron chi connectivity index (χ3n) is 3.66. The number of halogens is 2. The molecule has 124 valence electrons. The summed E-state index contributed by atoms with van der Waals surface area (Å²) in [6, 6.07) is 22.5. The molecule has 3 aromatic carbocycles. The number of carbonyl (C=O) groups excluding carboxylic acids is 1. The minimum Gasteiger partial charge on any atom is -0.319 e. The molecule has 25 heavy (non-hydrogen) atoms. The molecule has 2 nitrogen and oxygen atoms in total. The van der Waals surface area contributed by atoms with Crippen molar-refractivity contribution in [3.63, 3.8) is 0 Å². The van der Waals surface area contributed by atoms with Gasteiger partial charge in [0.15, 0.2) is 0 Å². The summed E-state index contributed by atoms with van der Waals surface area (Å²) < 4.78 is 13.9. The first-order valence-corrected chi connectivity index (χ1v) is 8.10. The van der Waals surface area contributed by atoms with Crippen LogP contribution in [0.1, 0.15) is 11.1 Å². The molecule has 0 aliphatic heterocycles. The molecule has 3 rings (SSSR count). The summed E-state index contributed by atoms with van der Waals surface area (Å²) in [5.41, 5.74) is 1.97. The van der Waals surface area contributed by atoms with E-state index < -0.39 is 11.7 Å². The third-order valence-corrected chi connectivity index (χ3v) is 4.00. The molecular formula is C21H15ClFNO. The van der Waals surface area contributed by atoms with Crippen molar-refractivity contribution in [2.75, 3.05) is 5.32 Å². The standard InChI is InChI=1S/C21H15ClFNO/c22-18-11-5-4-10-16(18)14-17(15-8-2-1-3-9-15)21(25)24-20-13-7-6-12-19(20)23/h1-14H,(H,24,25)/b17-14+. The van der Waals surface area contributed by atoms with Crippen molar-refractivity contribution in [1.29, 1.82) is 0 Å². The Morgan fingerprint density at radius 2 is 1.52 bits per heavy atom. The lowest BCUT2D eigenvalue weighted by atomic mass is 10.0. The Morgan fingerprint density at radius 1 is 0.880 bits per heavy atom. The molecule has 0 saturated carbocycles. The van der Waals surface area contributed by atoms with E-state index >= 15 is 0 Å². The van der Waals surface area contributed by atoms with Crippen LogP contribution in [0.5, 0.6) is 0 Å². The third kappa shape index (κ3) is 4.14. The average molecular weight is 352 g/mol. The van der Waals surface area contributed by atoms with Gasteiger partial charge in [0, 0.05) is 10.6 Å². The molecule has 0 aliphatic rings. The largest absolute Gasteiger partial charge is 0.319 e. The van der Waals surface area contributed by atoms with Crippen molar-refractivity contribution in [1.82, 2.24) is 0 Å². The van der Waals surface area contributed by atoms with Crippen LogP contribution in [0.3, 0.4) is 0 Å². The molecule has 3 aromatic rings. The van der Waals surface area contributed by atoms with Crippen LogP contribution in [0.4, 0.5) is 10.1 Å². The SMILES string of the molecule is O=C(Nc1ccccc1F)/C(=C/c1ccccc1Cl)c1ccccc1. The number of nitrogens with one attached hydrogen (secondary N) is 1. The van der Waals surface area contributed by atoms with Gasteiger partial charge in [-0.05, 0) is 35.4 Å². The van der Waals surface area contributed by atoms with Gasteiger partial charge in [-0.2, -0.15) is 0 Å². The van der Waals surface area contributed by atoms with Crippen molar-refractivity contribution in [2.24, 2.45) is 0 Å². The summed E-state index contributed by atoms with van der Waals surface area (Å²) in [5.74, 6) is -0.891. The molecule has 0 bridgehead atoms. The van der Waals surface area contributed by atoms with Gasteiger partial charge in [-0.3, -0.25) is 4.79 Å². The Kier molecular flexibility index (Phi) is 5.26. The van der Waals surface area contributed by atoms with E-state index in [0.29, 0.717) is 16.2 Å². The van der Waals surface area contributed by atoms with Crippen LogP contribution in [0.2, 0.25) is 5.02 Å². The van der Waals surface area contributed by atoms with Crippen LogP contribution in [-0.2, 0) is 4.79 Å². The van der Waals surface area contributed by atoms with E-state index in [4.69, 9.17) is 11.6 Å². The van der Waals surface area contributed by atoms with E-state index in [1.165, 1.54) is 12.1 Å². The first kappa shape index (κ1) is 16.9. The summed E-state index contributed by atoms with van der Waals surface area (Å²) in [5, 5.41) is 3.16. The molecule has 0 atom stereocenters. The normalized spacial score (nSPS) is 11.2. The fourth-order valence-corrected chi connectivity index (χ4v) is 2.59. The van der Waals surface area contributed by atoms with Crippen LogP contribution in [-0.4, -0.2) is 5.91 Å². The number of hydrogen-bond donors (Lipinski definition) is 1. The van der Waals surface area contributed by atoms with E-state index in [1.54, 1.807) is 24.3 Å². The maximum Gasteiger partial charge on any atom is 0.256 e. The topological polar surface area (TPSA) is 29.1 Å². The molecule has 0 saturated heterocycles. The zero-order valence-corrected chi connectivity index (χ0v) is 14.0. The molecular weight excluding hydrogens is 337 g/mol. The zero-order chi connectivity index (χ0) is 17.6. The maximum absolute atomic E-state index is 13.9. The van der Waals surface area contributed by atoms with Gasteiger partial charge in [-0.15, -0.1) is 0 Å². The summed E-state index contributed by atoms with van der Waals surface area (Å²) in [6.07, 6.45) is 1.70. The molecule has 0 heterocycles. The van der Waals surface area contributed by atoms with E-state index in [2.05, 4.69) is 5.32 Å². The van der Waals surface area contributed by atoms with Crippen LogP contribution < -0.4 is 5.32 Å². The fraction of sp³-hybridized carbons (Fsp3) is 0. The van der Waals surface area contributed by atoms with E-state index in [0.717, 1.165) is 5.56 Å². The summed E-state index contributed by atoms with van der Waals surface area (Å²) in [4.78, 5) is 12.8. The smallest absolute Gasteiger partial charge is 0.256 e. The lowest BCUT2D eigenvalue weighted by Gasteiger charge is -2.11. The van der Waals surface area contributed by atoms with Crippen LogP contribution in [0.15, 0.2) is 78.9 Å². The summed E-state index contributed by atoms with van der Waals surface area (Å²) in [6.45, 7) is 0. The van der Waals surface area contributed by atoms with Crippen molar-refractivity contribution < 1.29 is 9.18 Å². The predicted octanol–water partition coefficient (Wildman–Crippen LogP) is 5.66. The van der Waals surface area contributed by atoms with Gasteiger partial charge in [0.25, 0.3) is 5.91 Å². The predicted molar refractivity (Wildman–Crippen MR) is 101 cm³/mol. The van der Waals surface area contributed by atoms with E-state index in [9.17, 15) is 9.18 Å². The van der Waals surface area contributed by atoms with Gasteiger partial charge in [0.05, 0.1) is 5.69 Å². The van der Waals surface area contributed by atoms with E-state index in [-0.39, 0.29) is 5.69 Å². The zero-order valence-electron chi connectivity index (χ0n) is 13.2. The lowest BCUT2D eigenvalue weighted by molar-refractivity contribution is -0.111. The summed E-state index contributed by atoms with van der Waals surface area (Å²) >= 11 is 6.21. The number of amides is 1. The van der Waals surface area contributed by atoms with Crippen molar-refractivity contribution in [3.8, 4) is 0 Å². The quantitative estimate of drug-likeness (QED) is 0.477. The second-order valence-corrected chi connectivity index (χ2v) is 5.79. The monoisotopic (exact) mass is 351 g/mol. The minimum atomic E-state index is -0.485. The highest BCUT2D eigenvalue weighted by molar-refractivity contribution is 6.34. The maximum atomic E-state index is 13.9. The van der Waals surface area contributed by atoms with Crippen LogP contribution in [0, 0.1) is 5.82 Å². The Morgan fingerprint density at radius 3 is 2.24 bits per heavy atom. The van der Waals surface area contributed by atoms with Crippen molar-refractivity contribution in [3.05, 3.63) is 101 Å². The van der Waals surface area contributed by atoms with Gasteiger partial charge in [0.2, 0.25) is 0 Å². The van der Waals surface area contributed by atoms with E-state index in [1.807, 2.05) is 48.5 Å². The number of hydrogen-bond acceptors (Lipinski definition) is 1. The Bertz CT molecular complexity index is 922. The highest BCUT2D eigenvalue weighted by Crippen LogP contribution is 2.25. The van der Waals surface area contributed by atoms with Crippen LogP contribution in [0.25, 0.3) is 11.6 Å². The summed E-state index contributed by atoms with van der Waals surface area (Å²) in [7, 11) is 0. The first-order chi connectivity index (χ1) is 12.1. The second-order valence-electron chi connectivity index (χ2n) is 5.38. The molecule has 4 heteroatoms. The number of para-hydroxylation sites is 1. The molecule has 0 spiro atoms. The molecule has 0 aromatic heterocycles. The lowest BCUT2D eigenvalue weighted by Crippen LogP contribution is -2.14. The van der Waals surface area contributed by atoms with Crippen molar-refractivity contribution in [2.45, 2.75) is 0 Å². The Labute approximate surface area is 150 Å². The second kappa shape index (κ2) is 7.77. The average Bonchev–Trinajstić information content (AvgIpc) is 2.63. The fourth-order valence-electron chi connectivity index (χ4n) is 2.40. The highest BCUT2D eigenvalue weighted by atomic mass is 35.5. The highest BCUT2D eigenvalue weighted by Gasteiger charge is 2.14. The molecule has 1 N–H and O–H groups in total. The number of carbonyl (C=O) groups is 1. The van der Waals surface area contributed by atoms with Gasteiger partial charge < -0.3 is 5.32 Å². The number of benzene rings is 3. The van der Waals surface area contributed by atoms with Gasteiger partial charge in [-0.25, -0.2) is 4.39 Å². The molecule has 1 amide bonds. The Balaban J connectivity index is 2.01. The molecule has 0 aliphatic carbocycles.